The van der Waals surface area contributed by atoms with Crippen LogP contribution >= 0.6 is 0 Å². The number of aromatic nitrogens is 2. The number of nitriles is 1. The summed E-state index contributed by atoms with van der Waals surface area (Å²) in [5, 5.41) is 20.2. The van der Waals surface area contributed by atoms with E-state index in [1.54, 1.807) is 6.92 Å². The molecule has 20 heavy (non-hydrogen) atoms. The Labute approximate surface area is 113 Å². The van der Waals surface area contributed by atoms with Crippen LogP contribution < -0.4 is 5.32 Å². The van der Waals surface area contributed by atoms with Gasteiger partial charge >= 0.3 is 5.97 Å². The van der Waals surface area contributed by atoms with E-state index in [0.717, 1.165) is 0 Å². The molecule has 0 saturated heterocycles. The third-order valence-electron chi connectivity index (χ3n) is 2.66. The zero-order valence-electron chi connectivity index (χ0n) is 10.5. The number of carboxylic acids is 1. The number of carbonyl (C=O) groups is 2. The Hall–Kier alpha value is -3.14. The second-order valence-corrected chi connectivity index (χ2v) is 4.01. The Bertz CT molecular complexity index is 710. The minimum Gasteiger partial charge on any atom is -0.478 e. The molecule has 3 N–H and O–H groups in total. The van der Waals surface area contributed by atoms with E-state index < -0.39 is 11.9 Å². The van der Waals surface area contributed by atoms with Gasteiger partial charge in [-0.05, 0) is 19.1 Å². The van der Waals surface area contributed by atoms with Crippen molar-refractivity contribution in [2.24, 2.45) is 0 Å². The van der Waals surface area contributed by atoms with Gasteiger partial charge < -0.3 is 15.4 Å². The number of H-pyrrole nitrogens is 1. The van der Waals surface area contributed by atoms with Crippen LogP contribution in [-0.4, -0.2) is 27.0 Å². The van der Waals surface area contributed by atoms with Crippen molar-refractivity contribution in [1.82, 2.24) is 9.97 Å². The normalized spacial score (nSPS) is 9.80. The number of aromatic carboxylic acids is 1. The minimum atomic E-state index is -1.13. The third kappa shape index (κ3) is 2.49. The largest absolute Gasteiger partial charge is 0.478 e. The lowest BCUT2D eigenvalue weighted by molar-refractivity contribution is 0.0697. The molecule has 0 aromatic carbocycles. The molecule has 0 radical (unpaired) electrons. The number of nitrogens with zero attached hydrogens (tertiary/aromatic N) is 2. The summed E-state index contributed by atoms with van der Waals surface area (Å²) >= 11 is 0. The standard InChI is InChI=1S/C13H10N4O3/c1-7-11(13(19)20)10(6-15-7)17-12(18)9-3-2-8(4-14)5-16-9/h2-3,5-6,15H,1H3,(H,17,18)(H,19,20). The predicted octanol–water partition coefficient (Wildman–Crippen LogP) is 1.54. The maximum absolute atomic E-state index is 11.9. The molecule has 0 spiro atoms. The van der Waals surface area contributed by atoms with Gasteiger partial charge in [0, 0.05) is 18.1 Å². The number of aryl methyl sites for hydroxylation is 1. The molecule has 2 heterocycles. The zero-order chi connectivity index (χ0) is 14.7. The highest BCUT2D eigenvalue weighted by molar-refractivity contribution is 6.07. The summed E-state index contributed by atoms with van der Waals surface area (Å²) in [4.78, 5) is 29.6. The monoisotopic (exact) mass is 270 g/mol. The molecule has 7 nitrogen and oxygen atoms in total. The molecule has 2 rings (SSSR count). The summed E-state index contributed by atoms with van der Waals surface area (Å²) in [7, 11) is 0. The summed E-state index contributed by atoms with van der Waals surface area (Å²) in [6.45, 7) is 1.60. The lowest BCUT2D eigenvalue weighted by atomic mass is 10.2. The number of nitrogens with one attached hydrogen (secondary N) is 2. The Kier molecular flexibility index (Phi) is 3.48. The molecule has 100 valence electrons. The lowest BCUT2D eigenvalue weighted by Crippen LogP contribution is -2.15. The van der Waals surface area contributed by atoms with Gasteiger partial charge in [0.05, 0.1) is 11.3 Å². The zero-order valence-corrected chi connectivity index (χ0v) is 10.5. The quantitative estimate of drug-likeness (QED) is 0.781. The van der Waals surface area contributed by atoms with Gasteiger partial charge in [-0.2, -0.15) is 5.26 Å². The average Bonchev–Trinajstić information content (AvgIpc) is 2.79. The van der Waals surface area contributed by atoms with Gasteiger partial charge in [0.2, 0.25) is 0 Å². The molecule has 0 atom stereocenters. The second kappa shape index (κ2) is 5.24. The van der Waals surface area contributed by atoms with Crippen molar-refractivity contribution in [2.75, 3.05) is 5.32 Å². The Morgan fingerprint density at radius 1 is 1.45 bits per heavy atom. The van der Waals surface area contributed by atoms with Gasteiger partial charge in [-0.15, -0.1) is 0 Å². The maximum atomic E-state index is 11.9. The molecule has 0 bridgehead atoms. The third-order valence-corrected chi connectivity index (χ3v) is 2.66. The van der Waals surface area contributed by atoms with Crippen LogP contribution in [0.4, 0.5) is 5.69 Å². The van der Waals surface area contributed by atoms with Crippen molar-refractivity contribution in [3.8, 4) is 6.07 Å². The van der Waals surface area contributed by atoms with Crippen molar-refractivity contribution in [2.45, 2.75) is 6.92 Å². The number of carboxylic acid groups (broad SMARTS) is 1. The van der Waals surface area contributed by atoms with E-state index in [4.69, 9.17) is 10.4 Å². The van der Waals surface area contributed by atoms with Crippen LogP contribution in [0.2, 0.25) is 0 Å². The highest BCUT2D eigenvalue weighted by Crippen LogP contribution is 2.19. The van der Waals surface area contributed by atoms with Crippen molar-refractivity contribution in [1.29, 1.82) is 5.26 Å². The van der Waals surface area contributed by atoms with Crippen LogP contribution in [0.5, 0.6) is 0 Å². The Morgan fingerprint density at radius 2 is 2.20 bits per heavy atom. The Balaban J connectivity index is 2.24. The first-order valence-corrected chi connectivity index (χ1v) is 5.61. The molecular weight excluding hydrogens is 260 g/mol. The molecule has 0 aliphatic heterocycles. The predicted molar refractivity (Wildman–Crippen MR) is 69.4 cm³/mol. The van der Waals surface area contributed by atoms with Crippen molar-refractivity contribution in [3.63, 3.8) is 0 Å². The molecule has 0 aliphatic carbocycles. The van der Waals surface area contributed by atoms with E-state index in [0.29, 0.717) is 11.3 Å². The van der Waals surface area contributed by atoms with E-state index in [9.17, 15) is 9.59 Å². The average molecular weight is 270 g/mol. The summed E-state index contributed by atoms with van der Waals surface area (Å²) < 4.78 is 0. The smallest absolute Gasteiger partial charge is 0.339 e. The van der Waals surface area contributed by atoms with E-state index >= 15 is 0 Å². The van der Waals surface area contributed by atoms with Crippen LogP contribution in [0.25, 0.3) is 0 Å². The fourth-order valence-electron chi connectivity index (χ4n) is 1.68. The van der Waals surface area contributed by atoms with Crippen LogP contribution in [0.3, 0.4) is 0 Å². The van der Waals surface area contributed by atoms with Gasteiger partial charge in [0.25, 0.3) is 5.91 Å². The second-order valence-electron chi connectivity index (χ2n) is 4.01. The van der Waals surface area contributed by atoms with E-state index in [1.807, 2.05) is 6.07 Å². The van der Waals surface area contributed by atoms with Crippen LogP contribution in [0.15, 0.2) is 24.5 Å². The summed E-state index contributed by atoms with van der Waals surface area (Å²) in [6, 6.07) is 4.75. The fourth-order valence-corrected chi connectivity index (χ4v) is 1.68. The molecule has 0 fully saturated rings. The number of hydrogen-bond acceptors (Lipinski definition) is 4. The number of hydrogen-bond donors (Lipinski definition) is 3. The van der Waals surface area contributed by atoms with Gasteiger partial charge in [-0.1, -0.05) is 0 Å². The summed E-state index contributed by atoms with van der Waals surface area (Å²) in [5.41, 5.74) is 1.06. The molecule has 0 saturated carbocycles. The van der Waals surface area contributed by atoms with Gasteiger partial charge in [-0.3, -0.25) is 4.79 Å². The lowest BCUT2D eigenvalue weighted by Gasteiger charge is -2.04. The number of aromatic amines is 1. The first-order valence-electron chi connectivity index (χ1n) is 5.61. The highest BCUT2D eigenvalue weighted by Gasteiger charge is 2.18. The van der Waals surface area contributed by atoms with Crippen LogP contribution in [0, 0.1) is 18.3 Å². The number of pyridine rings is 1. The van der Waals surface area contributed by atoms with Crippen molar-refractivity contribution >= 4 is 17.6 Å². The van der Waals surface area contributed by atoms with Crippen LogP contribution in [-0.2, 0) is 0 Å². The minimum absolute atomic E-state index is 0.00648. The number of rotatable bonds is 3. The SMILES string of the molecule is Cc1[nH]cc(NC(=O)c2ccc(C#N)cn2)c1C(=O)O. The van der Waals surface area contributed by atoms with Crippen molar-refractivity contribution in [3.05, 3.63) is 47.0 Å². The van der Waals surface area contributed by atoms with Gasteiger partial charge in [-0.25, -0.2) is 9.78 Å². The van der Waals surface area contributed by atoms with Gasteiger partial charge in [0.15, 0.2) is 0 Å². The number of amides is 1. The van der Waals surface area contributed by atoms with E-state index in [-0.39, 0.29) is 16.9 Å². The summed E-state index contributed by atoms with van der Waals surface area (Å²) in [6.07, 6.45) is 2.68. The van der Waals surface area contributed by atoms with Crippen LogP contribution in [0.1, 0.15) is 32.1 Å². The summed E-state index contributed by atoms with van der Waals surface area (Å²) in [5.74, 6) is -1.68. The van der Waals surface area contributed by atoms with E-state index in [2.05, 4.69) is 15.3 Å². The van der Waals surface area contributed by atoms with E-state index in [1.165, 1.54) is 24.5 Å². The maximum Gasteiger partial charge on any atom is 0.339 e. The highest BCUT2D eigenvalue weighted by atomic mass is 16.4. The van der Waals surface area contributed by atoms with Gasteiger partial charge in [0.1, 0.15) is 17.3 Å². The molecule has 0 unspecified atom stereocenters. The number of anilines is 1. The molecule has 1 amide bonds. The molecule has 7 heteroatoms. The van der Waals surface area contributed by atoms with Crippen molar-refractivity contribution < 1.29 is 14.7 Å². The Morgan fingerprint density at radius 3 is 2.75 bits per heavy atom. The topological polar surface area (TPSA) is 119 Å². The number of carbonyl (C=O) groups excluding carboxylic acids is 1. The molecule has 2 aromatic rings. The molecule has 2 aromatic heterocycles. The molecule has 0 aliphatic rings. The molecular formula is C13H10N4O3. The first-order chi connectivity index (χ1) is 9.52. The fraction of sp³-hybridized carbons (Fsp3) is 0.0769. The first kappa shape index (κ1) is 13.3.